The highest BCUT2D eigenvalue weighted by Gasteiger charge is 2.55. The number of rotatable bonds is 1. The molecule has 0 amide bonds. The number of aryl methyl sites for hydroxylation is 1. The standard InChI is InChI=1S/C19H22N2O/c1-12-20-16-4-2-3-5-17(16)21(12)18(22)19-9-13-6-14(10-19)8-15(7-13)11-19/h2-5,13-15H,6-11H2,1H3. The van der Waals surface area contributed by atoms with Gasteiger partial charge in [0.2, 0.25) is 5.91 Å². The van der Waals surface area contributed by atoms with E-state index in [-0.39, 0.29) is 5.41 Å². The Hall–Kier alpha value is -1.64. The summed E-state index contributed by atoms with van der Waals surface area (Å²) in [6.07, 6.45) is 7.46. The zero-order valence-corrected chi connectivity index (χ0v) is 13.1. The van der Waals surface area contributed by atoms with Crippen LogP contribution in [0.15, 0.2) is 24.3 Å². The lowest BCUT2D eigenvalue weighted by atomic mass is 9.49. The van der Waals surface area contributed by atoms with Crippen LogP contribution in [0.5, 0.6) is 0 Å². The van der Waals surface area contributed by atoms with Gasteiger partial charge in [0.05, 0.1) is 16.4 Å². The van der Waals surface area contributed by atoms with Gasteiger partial charge in [-0.05, 0) is 75.3 Å². The number of hydrogen-bond donors (Lipinski definition) is 0. The number of nitrogens with zero attached hydrogens (tertiary/aromatic N) is 2. The molecule has 6 rings (SSSR count). The molecule has 0 spiro atoms. The summed E-state index contributed by atoms with van der Waals surface area (Å²) in [5.74, 6) is 3.57. The SMILES string of the molecule is Cc1nc2ccccc2n1C(=O)C12CC3CC(CC(C3)C1)C2. The van der Waals surface area contributed by atoms with Crippen LogP contribution < -0.4 is 0 Å². The summed E-state index contributed by atoms with van der Waals surface area (Å²) in [6, 6.07) is 8.04. The molecule has 0 aliphatic heterocycles. The van der Waals surface area contributed by atoms with E-state index in [2.05, 4.69) is 4.98 Å². The highest BCUT2D eigenvalue weighted by atomic mass is 16.2. The molecular weight excluding hydrogens is 272 g/mol. The Morgan fingerprint density at radius 3 is 2.32 bits per heavy atom. The zero-order chi connectivity index (χ0) is 14.9. The van der Waals surface area contributed by atoms with Crippen molar-refractivity contribution in [3.05, 3.63) is 30.1 Å². The smallest absolute Gasteiger partial charge is 0.238 e. The minimum atomic E-state index is -0.0943. The fraction of sp³-hybridized carbons (Fsp3) is 0.579. The summed E-state index contributed by atoms with van der Waals surface area (Å²) in [6.45, 7) is 1.97. The molecule has 1 heterocycles. The molecule has 4 bridgehead atoms. The zero-order valence-electron chi connectivity index (χ0n) is 13.1. The molecule has 1 aromatic carbocycles. The van der Waals surface area contributed by atoms with Crippen molar-refractivity contribution in [3.8, 4) is 0 Å². The fourth-order valence-corrected chi connectivity index (χ4v) is 6.01. The molecule has 4 aliphatic carbocycles. The first-order valence-electron chi connectivity index (χ1n) is 8.63. The topological polar surface area (TPSA) is 34.9 Å². The predicted molar refractivity (Wildman–Crippen MR) is 85.7 cm³/mol. The number of aromatic nitrogens is 2. The van der Waals surface area contributed by atoms with Gasteiger partial charge in [0.25, 0.3) is 0 Å². The largest absolute Gasteiger partial charge is 0.273 e. The minimum Gasteiger partial charge on any atom is -0.273 e. The van der Waals surface area contributed by atoms with E-state index in [1.54, 1.807) is 0 Å². The Balaban J connectivity index is 1.63. The third-order valence-electron chi connectivity index (χ3n) is 6.42. The summed E-state index contributed by atoms with van der Waals surface area (Å²) in [5, 5.41) is 0. The molecule has 0 saturated heterocycles. The van der Waals surface area contributed by atoms with Gasteiger partial charge < -0.3 is 0 Å². The van der Waals surface area contributed by atoms with Gasteiger partial charge >= 0.3 is 0 Å². The molecule has 1 aromatic heterocycles. The van der Waals surface area contributed by atoms with Crippen molar-refractivity contribution in [1.82, 2.24) is 9.55 Å². The minimum absolute atomic E-state index is 0.0943. The lowest BCUT2D eigenvalue weighted by Crippen LogP contribution is -2.51. The maximum Gasteiger partial charge on any atom is 0.238 e. The Labute approximate surface area is 130 Å². The third-order valence-corrected chi connectivity index (χ3v) is 6.42. The van der Waals surface area contributed by atoms with E-state index in [0.717, 1.165) is 53.9 Å². The molecule has 22 heavy (non-hydrogen) atoms. The normalized spacial score (nSPS) is 36.1. The highest BCUT2D eigenvalue weighted by Crippen LogP contribution is 2.60. The highest BCUT2D eigenvalue weighted by molar-refractivity contribution is 5.94. The van der Waals surface area contributed by atoms with Crippen LogP contribution >= 0.6 is 0 Å². The Morgan fingerprint density at radius 2 is 1.68 bits per heavy atom. The van der Waals surface area contributed by atoms with Crippen molar-refractivity contribution in [2.24, 2.45) is 23.2 Å². The van der Waals surface area contributed by atoms with Gasteiger partial charge in [-0.1, -0.05) is 12.1 Å². The number of carbonyl (C=O) groups is 1. The van der Waals surface area contributed by atoms with Crippen LogP contribution in [0, 0.1) is 30.1 Å². The van der Waals surface area contributed by atoms with Crippen LogP contribution in [-0.2, 0) is 0 Å². The summed E-state index contributed by atoms with van der Waals surface area (Å²) in [5.41, 5.74) is 1.84. The van der Waals surface area contributed by atoms with Crippen LogP contribution in [0.25, 0.3) is 11.0 Å². The number of benzene rings is 1. The van der Waals surface area contributed by atoms with Gasteiger partial charge in [-0.3, -0.25) is 9.36 Å². The second kappa shape index (κ2) is 4.21. The average molecular weight is 294 g/mol. The summed E-state index contributed by atoms with van der Waals surface area (Å²) >= 11 is 0. The van der Waals surface area contributed by atoms with Crippen LogP contribution in [-0.4, -0.2) is 15.5 Å². The van der Waals surface area contributed by atoms with Crippen molar-refractivity contribution < 1.29 is 4.79 Å². The van der Waals surface area contributed by atoms with Crippen molar-refractivity contribution in [2.45, 2.75) is 45.4 Å². The van der Waals surface area contributed by atoms with Crippen LogP contribution in [0.2, 0.25) is 0 Å². The number of imidazole rings is 1. The number of para-hydroxylation sites is 2. The molecular formula is C19H22N2O. The first-order chi connectivity index (χ1) is 10.6. The van der Waals surface area contributed by atoms with E-state index in [1.807, 2.05) is 35.8 Å². The number of hydrogen-bond acceptors (Lipinski definition) is 2. The first kappa shape index (κ1) is 12.9. The van der Waals surface area contributed by atoms with Gasteiger partial charge in [-0.25, -0.2) is 4.98 Å². The molecule has 4 aliphatic rings. The molecule has 0 radical (unpaired) electrons. The van der Waals surface area contributed by atoms with Crippen molar-refractivity contribution >= 4 is 16.9 Å². The monoisotopic (exact) mass is 294 g/mol. The van der Waals surface area contributed by atoms with E-state index in [4.69, 9.17) is 0 Å². The molecule has 0 atom stereocenters. The van der Waals surface area contributed by atoms with Gasteiger partial charge in [0.1, 0.15) is 5.82 Å². The summed E-state index contributed by atoms with van der Waals surface area (Å²) in [4.78, 5) is 18.1. The van der Waals surface area contributed by atoms with E-state index < -0.39 is 0 Å². The van der Waals surface area contributed by atoms with Crippen molar-refractivity contribution in [2.75, 3.05) is 0 Å². The van der Waals surface area contributed by atoms with Gasteiger partial charge in [-0.15, -0.1) is 0 Å². The first-order valence-corrected chi connectivity index (χ1v) is 8.63. The summed E-state index contributed by atoms with van der Waals surface area (Å²) in [7, 11) is 0. The van der Waals surface area contributed by atoms with E-state index >= 15 is 0 Å². The van der Waals surface area contributed by atoms with E-state index in [9.17, 15) is 4.79 Å². The van der Waals surface area contributed by atoms with Crippen molar-refractivity contribution in [1.29, 1.82) is 0 Å². The molecule has 3 nitrogen and oxygen atoms in total. The number of fused-ring (bicyclic) bond motifs is 1. The summed E-state index contributed by atoms with van der Waals surface area (Å²) < 4.78 is 1.92. The molecule has 3 heteroatoms. The van der Waals surface area contributed by atoms with Crippen molar-refractivity contribution in [3.63, 3.8) is 0 Å². The Morgan fingerprint density at radius 1 is 1.09 bits per heavy atom. The maximum absolute atomic E-state index is 13.5. The lowest BCUT2D eigenvalue weighted by Gasteiger charge is -2.55. The predicted octanol–water partition coefficient (Wildman–Crippen LogP) is 4.20. The number of carbonyl (C=O) groups excluding carboxylic acids is 1. The second-order valence-corrected chi connectivity index (χ2v) is 7.99. The maximum atomic E-state index is 13.5. The fourth-order valence-electron chi connectivity index (χ4n) is 6.01. The molecule has 4 fully saturated rings. The third kappa shape index (κ3) is 1.62. The average Bonchev–Trinajstić information content (AvgIpc) is 2.80. The van der Waals surface area contributed by atoms with Crippen LogP contribution in [0.3, 0.4) is 0 Å². The van der Waals surface area contributed by atoms with E-state index in [1.165, 1.54) is 19.3 Å². The molecule has 0 unspecified atom stereocenters. The molecule has 0 N–H and O–H groups in total. The van der Waals surface area contributed by atoms with Gasteiger partial charge in [-0.2, -0.15) is 0 Å². The Bertz CT molecular complexity index is 738. The quantitative estimate of drug-likeness (QED) is 0.790. The second-order valence-electron chi connectivity index (χ2n) is 7.99. The van der Waals surface area contributed by atoms with E-state index in [0.29, 0.717) is 5.91 Å². The van der Waals surface area contributed by atoms with Crippen LogP contribution in [0.4, 0.5) is 0 Å². The lowest BCUT2D eigenvalue weighted by molar-refractivity contribution is -0.0399. The molecule has 4 saturated carbocycles. The Kier molecular flexibility index (Phi) is 2.46. The molecule has 2 aromatic rings. The molecule has 114 valence electrons. The van der Waals surface area contributed by atoms with Gasteiger partial charge in [0, 0.05) is 0 Å². The van der Waals surface area contributed by atoms with Gasteiger partial charge in [0.15, 0.2) is 0 Å². The van der Waals surface area contributed by atoms with Crippen LogP contribution in [0.1, 0.15) is 49.1 Å².